The molecule has 1 aliphatic heterocycles. The zero-order valence-corrected chi connectivity index (χ0v) is 7.52. The number of amides is 1. The molecule has 0 aromatic carbocycles. The molecule has 5 heteroatoms. The molecule has 0 spiro atoms. The van der Waals surface area contributed by atoms with Gasteiger partial charge in [0.1, 0.15) is 12.8 Å². The summed E-state index contributed by atoms with van der Waals surface area (Å²) in [5, 5.41) is 17.7. The number of likely N-dealkylation sites (tertiary alicyclic amines) is 1. The number of rotatable bonds is 2. The second-order valence-corrected chi connectivity index (χ2v) is 3.37. The molecule has 1 atom stereocenters. The van der Waals surface area contributed by atoms with Gasteiger partial charge in [0.2, 0.25) is 5.91 Å². The fraction of sp³-hybridized carbons (Fsp3) is 0.875. The molecule has 4 N–H and O–H groups in total. The Balaban J connectivity index is 2.34. The van der Waals surface area contributed by atoms with Gasteiger partial charge in [-0.25, -0.2) is 0 Å². The van der Waals surface area contributed by atoms with Gasteiger partial charge in [-0.05, 0) is 12.8 Å². The molecular weight excluding hydrogens is 172 g/mol. The third-order valence-electron chi connectivity index (χ3n) is 2.51. The fourth-order valence-electron chi connectivity index (χ4n) is 1.59. The van der Waals surface area contributed by atoms with Gasteiger partial charge < -0.3 is 20.8 Å². The number of hydrogen-bond acceptors (Lipinski definition) is 4. The summed E-state index contributed by atoms with van der Waals surface area (Å²) in [5.74, 6) is -0.160. The lowest BCUT2D eigenvalue weighted by atomic mass is 9.95. The van der Waals surface area contributed by atoms with Crippen molar-refractivity contribution in [2.75, 3.05) is 19.7 Å². The number of carbonyl (C=O) groups is 1. The predicted octanol–water partition coefficient (Wildman–Crippen LogP) is -1.51. The van der Waals surface area contributed by atoms with Crippen LogP contribution in [0.3, 0.4) is 0 Å². The molecule has 0 aromatic rings. The van der Waals surface area contributed by atoms with Crippen molar-refractivity contribution in [2.24, 2.45) is 11.7 Å². The zero-order chi connectivity index (χ0) is 9.84. The van der Waals surface area contributed by atoms with E-state index < -0.39 is 12.8 Å². The molecule has 1 fully saturated rings. The molecule has 0 bridgehead atoms. The Labute approximate surface area is 77.1 Å². The van der Waals surface area contributed by atoms with Gasteiger partial charge in [0.05, 0.1) is 0 Å². The molecule has 76 valence electrons. The Hall–Kier alpha value is -0.650. The molecule has 0 radical (unpaired) electrons. The van der Waals surface area contributed by atoms with Crippen LogP contribution in [0.25, 0.3) is 0 Å². The SMILES string of the molecule is NC(O)C1CCN(C(=O)CO)CC1. The highest BCUT2D eigenvalue weighted by Gasteiger charge is 2.24. The normalized spacial score (nSPS) is 21.6. The Morgan fingerprint density at radius 1 is 1.54 bits per heavy atom. The van der Waals surface area contributed by atoms with Gasteiger partial charge in [-0.2, -0.15) is 0 Å². The number of aliphatic hydroxyl groups is 2. The van der Waals surface area contributed by atoms with Crippen molar-refractivity contribution in [1.29, 1.82) is 0 Å². The van der Waals surface area contributed by atoms with Crippen molar-refractivity contribution in [2.45, 2.75) is 19.1 Å². The summed E-state index contributed by atoms with van der Waals surface area (Å²) in [4.78, 5) is 12.6. The largest absolute Gasteiger partial charge is 0.387 e. The van der Waals surface area contributed by atoms with Crippen LogP contribution >= 0.6 is 0 Å². The maximum Gasteiger partial charge on any atom is 0.248 e. The molecule has 13 heavy (non-hydrogen) atoms. The van der Waals surface area contributed by atoms with Crippen molar-refractivity contribution in [3.05, 3.63) is 0 Å². The Kier molecular flexibility index (Phi) is 3.65. The minimum atomic E-state index is -0.786. The first kappa shape index (κ1) is 10.4. The second kappa shape index (κ2) is 4.55. The first-order chi connectivity index (χ1) is 6.15. The predicted molar refractivity (Wildman–Crippen MR) is 46.6 cm³/mol. The van der Waals surface area contributed by atoms with E-state index in [0.717, 1.165) is 0 Å². The lowest BCUT2D eigenvalue weighted by Crippen LogP contribution is -2.44. The van der Waals surface area contributed by atoms with Gasteiger partial charge in [0.25, 0.3) is 0 Å². The van der Waals surface area contributed by atoms with Crippen molar-refractivity contribution in [3.63, 3.8) is 0 Å². The highest BCUT2D eigenvalue weighted by molar-refractivity contribution is 5.77. The van der Waals surface area contributed by atoms with Gasteiger partial charge >= 0.3 is 0 Å². The zero-order valence-electron chi connectivity index (χ0n) is 7.52. The van der Waals surface area contributed by atoms with Crippen LogP contribution in [0.5, 0.6) is 0 Å². The van der Waals surface area contributed by atoms with Crippen LogP contribution in [0.2, 0.25) is 0 Å². The molecule has 1 aliphatic rings. The maximum atomic E-state index is 11.0. The molecule has 1 unspecified atom stereocenters. The molecule has 1 saturated heterocycles. The Morgan fingerprint density at radius 3 is 2.46 bits per heavy atom. The van der Waals surface area contributed by atoms with Gasteiger partial charge in [0, 0.05) is 19.0 Å². The average Bonchev–Trinajstić information content (AvgIpc) is 2.17. The molecule has 5 nitrogen and oxygen atoms in total. The van der Waals surface area contributed by atoms with Crippen LogP contribution in [0.15, 0.2) is 0 Å². The lowest BCUT2D eigenvalue weighted by molar-refractivity contribution is -0.136. The molecule has 1 amide bonds. The van der Waals surface area contributed by atoms with Crippen molar-refractivity contribution >= 4 is 5.91 Å². The maximum absolute atomic E-state index is 11.0. The molecule has 0 saturated carbocycles. The number of nitrogens with two attached hydrogens (primary N) is 1. The monoisotopic (exact) mass is 188 g/mol. The van der Waals surface area contributed by atoms with E-state index in [4.69, 9.17) is 15.9 Å². The van der Waals surface area contributed by atoms with Crippen LogP contribution in [-0.2, 0) is 4.79 Å². The van der Waals surface area contributed by atoms with Crippen molar-refractivity contribution in [1.82, 2.24) is 4.90 Å². The summed E-state index contributed by atoms with van der Waals surface area (Å²) in [5.41, 5.74) is 5.32. The topological polar surface area (TPSA) is 86.8 Å². The van der Waals surface area contributed by atoms with E-state index >= 15 is 0 Å². The number of aliphatic hydroxyl groups excluding tert-OH is 2. The summed E-state index contributed by atoms with van der Waals surface area (Å²) in [6, 6.07) is 0. The summed E-state index contributed by atoms with van der Waals surface area (Å²) in [6.07, 6.45) is 0.638. The van der Waals surface area contributed by atoms with Crippen LogP contribution < -0.4 is 5.73 Å². The number of piperidine rings is 1. The van der Waals surface area contributed by atoms with Crippen molar-refractivity contribution < 1.29 is 15.0 Å². The summed E-state index contributed by atoms with van der Waals surface area (Å²) in [7, 11) is 0. The smallest absolute Gasteiger partial charge is 0.248 e. The number of hydrogen-bond donors (Lipinski definition) is 3. The minimum Gasteiger partial charge on any atom is -0.387 e. The van der Waals surface area contributed by atoms with E-state index in [1.165, 1.54) is 0 Å². The van der Waals surface area contributed by atoms with E-state index in [1.54, 1.807) is 4.90 Å². The fourth-order valence-corrected chi connectivity index (χ4v) is 1.59. The first-order valence-corrected chi connectivity index (χ1v) is 4.47. The van der Waals surface area contributed by atoms with E-state index in [0.29, 0.717) is 25.9 Å². The van der Waals surface area contributed by atoms with Crippen LogP contribution in [-0.4, -0.2) is 46.9 Å². The summed E-state index contributed by atoms with van der Waals surface area (Å²) < 4.78 is 0. The first-order valence-electron chi connectivity index (χ1n) is 4.47. The van der Waals surface area contributed by atoms with Gasteiger partial charge in [-0.3, -0.25) is 4.79 Å². The summed E-state index contributed by atoms with van der Waals surface area (Å²) >= 11 is 0. The van der Waals surface area contributed by atoms with Crippen LogP contribution in [0.4, 0.5) is 0 Å². The highest BCUT2D eigenvalue weighted by atomic mass is 16.3. The number of carbonyl (C=O) groups excluding carboxylic acids is 1. The molecule has 0 aromatic heterocycles. The second-order valence-electron chi connectivity index (χ2n) is 3.37. The number of nitrogens with zero attached hydrogens (tertiary/aromatic N) is 1. The van der Waals surface area contributed by atoms with E-state index in [-0.39, 0.29) is 11.8 Å². The Morgan fingerprint density at radius 2 is 2.08 bits per heavy atom. The quantitative estimate of drug-likeness (QED) is 0.460. The standard InChI is InChI=1S/C8H16N2O3/c9-8(13)6-1-3-10(4-2-6)7(12)5-11/h6,8,11,13H,1-5,9H2. The lowest BCUT2D eigenvalue weighted by Gasteiger charge is -2.32. The average molecular weight is 188 g/mol. The molecule has 1 rings (SSSR count). The van der Waals surface area contributed by atoms with Crippen LogP contribution in [0, 0.1) is 5.92 Å². The third-order valence-corrected chi connectivity index (χ3v) is 2.51. The van der Waals surface area contributed by atoms with E-state index in [9.17, 15) is 4.79 Å². The highest BCUT2D eigenvalue weighted by Crippen LogP contribution is 2.18. The van der Waals surface area contributed by atoms with Gasteiger partial charge in [-0.1, -0.05) is 0 Å². The van der Waals surface area contributed by atoms with E-state index in [1.807, 2.05) is 0 Å². The molecular formula is C8H16N2O3. The van der Waals surface area contributed by atoms with Crippen molar-refractivity contribution in [3.8, 4) is 0 Å². The van der Waals surface area contributed by atoms with Gasteiger partial charge in [-0.15, -0.1) is 0 Å². The van der Waals surface area contributed by atoms with Gasteiger partial charge in [0.15, 0.2) is 0 Å². The molecule has 0 aliphatic carbocycles. The van der Waals surface area contributed by atoms with Crippen LogP contribution in [0.1, 0.15) is 12.8 Å². The Bertz CT molecular complexity index is 176. The van der Waals surface area contributed by atoms with E-state index in [2.05, 4.69) is 0 Å². The minimum absolute atomic E-state index is 0.0859. The summed E-state index contributed by atoms with van der Waals surface area (Å²) in [6.45, 7) is 0.729. The third kappa shape index (κ3) is 2.65. The molecule has 1 heterocycles.